The standard InChI is InChI=1S/C6H13NO.C5H10O.C4H5N.C4H8.C3H8.C3H6/c1-4-6(7-3)5(2)8;1-4-5(2)6-3;1-3-4-5-2;1-4(2)3;2*1-3-2/h6-7H,4H2,1-3H3;4H,1-3H3;1,4H,2H3;1H2,2-3H3;3H2,1-2H3;3H,1H2,2H3/b;5-4+;;;;/t6-;;;;;/m0...../s1. The average Bonchev–Trinajstić information content (AvgIpc) is 2.64. The van der Waals surface area contributed by atoms with Gasteiger partial charge in [0.25, 0.3) is 0 Å². The largest absolute Gasteiger partial charge is 0.502 e. The van der Waals surface area contributed by atoms with Gasteiger partial charge in [0.05, 0.1) is 25.1 Å². The molecule has 29 heavy (non-hydrogen) atoms. The van der Waals surface area contributed by atoms with E-state index < -0.39 is 0 Å². The molecule has 0 aliphatic rings. The summed E-state index contributed by atoms with van der Waals surface area (Å²) in [6, 6.07) is 0.0648. The van der Waals surface area contributed by atoms with Crippen molar-refractivity contribution in [2.75, 3.05) is 21.2 Å². The number of methoxy groups -OCH3 is 1. The van der Waals surface area contributed by atoms with E-state index in [0.29, 0.717) is 0 Å². The zero-order valence-corrected chi connectivity index (χ0v) is 21.5. The number of allylic oxidation sites excluding steroid dienone is 4. The number of hydrogen-bond donors (Lipinski definition) is 1. The van der Waals surface area contributed by atoms with Gasteiger partial charge in [0.2, 0.25) is 0 Å². The van der Waals surface area contributed by atoms with Crippen molar-refractivity contribution in [2.45, 2.75) is 81.2 Å². The number of ether oxygens (including phenoxy) is 1. The lowest BCUT2D eigenvalue weighted by Crippen LogP contribution is -2.31. The van der Waals surface area contributed by atoms with E-state index in [-0.39, 0.29) is 11.8 Å². The van der Waals surface area contributed by atoms with E-state index in [1.807, 2.05) is 47.6 Å². The van der Waals surface area contributed by atoms with Gasteiger partial charge in [-0.2, -0.15) is 0 Å². The Morgan fingerprint density at radius 2 is 1.55 bits per heavy atom. The molecular formula is C25H50N2O2. The maximum atomic E-state index is 10.5. The summed E-state index contributed by atoms with van der Waals surface area (Å²) in [4.78, 5) is 14.0. The fourth-order valence-electron chi connectivity index (χ4n) is 0.887. The van der Waals surface area contributed by atoms with Crippen molar-refractivity contribution in [1.82, 2.24) is 5.32 Å². The van der Waals surface area contributed by atoms with E-state index in [9.17, 15) is 4.79 Å². The number of Topliss-reactive ketones (excluding diaryl/α,β-unsaturated/α-hetero) is 1. The Morgan fingerprint density at radius 3 is 1.55 bits per heavy atom. The molecule has 0 unspecified atom stereocenters. The van der Waals surface area contributed by atoms with Crippen LogP contribution in [0.3, 0.4) is 0 Å². The summed E-state index contributed by atoms with van der Waals surface area (Å²) in [5, 5.41) is 2.90. The highest BCUT2D eigenvalue weighted by molar-refractivity contribution is 5.81. The normalized spacial score (nSPS) is 9.41. The Hall–Kier alpha value is -2.12. The van der Waals surface area contributed by atoms with Crippen LogP contribution in [0.2, 0.25) is 0 Å². The molecule has 0 rings (SSSR count). The molecule has 0 aliphatic heterocycles. The third kappa shape index (κ3) is 105. The Morgan fingerprint density at radius 1 is 1.21 bits per heavy atom. The maximum absolute atomic E-state index is 10.5. The molecule has 172 valence electrons. The van der Waals surface area contributed by atoms with E-state index in [1.54, 1.807) is 34.2 Å². The number of aliphatic imine (C=N–C) groups is 1. The van der Waals surface area contributed by atoms with Gasteiger partial charge in [-0.3, -0.25) is 9.79 Å². The van der Waals surface area contributed by atoms with Crippen LogP contribution in [0.5, 0.6) is 0 Å². The lowest BCUT2D eigenvalue weighted by atomic mass is 10.1. The predicted octanol–water partition coefficient (Wildman–Crippen LogP) is 6.64. The van der Waals surface area contributed by atoms with Gasteiger partial charge < -0.3 is 10.1 Å². The monoisotopic (exact) mass is 410 g/mol. The van der Waals surface area contributed by atoms with Gasteiger partial charge in [0.1, 0.15) is 5.78 Å². The minimum Gasteiger partial charge on any atom is -0.502 e. The summed E-state index contributed by atoms with van der Waals surface area (Å²) >= 11 is 0. The number of carbonyl (C=O) groups excluding carboxylic acids is 1. The topological polar surface area (TPSA) is 50.7 Å². The van der Waals surface area contributed by atoms with E-state index >= 15 is 0 Å². The van der Waals surface area contributed by atoms with Crippen LogP contribution in [0.25, 0.3) is 0 Å². The van der Waals surface area contributed by atoms with Crippen molar-refractivity contribution in [1.29, 1.82) is 0 Å². The van der Waals surface area contributed by atoms with Gasteiger partial charge in [0.15, 0.2) is 0 Å². The number of hydrogen-bond acceptors (Lipinski definition) is 4. The van der Waals surface area contributed by atoms with Gasteiger partial charge >= 0.3 is 0 Å². The summed E-state index contributed by atoms with van der Waals surface area (Å²) < 4.78 is 4.76. The Labute approximate surface area is 183 Å². The Balaban J connectivity index is -0.0000000570. The fourth-order valence-corrected chi connectivity index (χ4v) is 0.887. The first kappa shape index (κ1) is 41.3. The number of terminal acetylenes is 1. The molecule has 0 aliphatic carbocycles. The third-order valence-electron chi connectivity index (χ3n) is 2.18. The van der Waals surface area contributed by atoms with Gasteiger partial charge in [-0.15, -0.1) is 19.6 Å². The SMILES string of the molecule is C#CC=NC.C/C=C(\C)OC.C=C(C)C.C=CC.CCC.CC[C@H](NC)C(C)=O. The number of likely N-dealkylation sites (N-methyl/N-ethyl adjacent to an activating group) is 1. The second-order valence-electron chi connectivity index (χ2n) is 5.84. The van der Waals surface area contributed by atoms with Crippen LogP contribution in [0.4, 0.5) is 0 Å². The maximum Gasteiger partial charge on any atom is 0.146 e. The van der Waals surface area contributed by atoms with Crippen LogP contribution in [-0.4, -0.2) is 39.2 Å². The number of carbonyl (C=O) groups is 1. The first-order valence-corrected chi connectivity index (χ1v) is 9.91. The van der Waals surface area contributed by atoms with Crippen LogP contribution < -0.4 is 5.32 Å². The smallest absolute Gasteiger partial charge is 0.146 e. The van der Waals surface area contributed by atoms with Crippen LogP contribution in [-0.2, 0) is 9.53 Å². The van der Waals surface area contributed by atoms with Crippen molar-refractivity contribution in [3.05, 3.63) is 36.6 Å². The quantitative estimate of drug-likeness (QED) is 0.244. The molecule has 1 N–H and O–H groups in total. The van der Waals surface area contributed by atoms with Gasteiger partial charge in [-0.25, -0.2) is 0 Å². The minimum absolute atomic E-state index is 0.0648. The lowest BCUT2D eigenvalue weighted by molar-refractivity contribution is -0.118. The number of nitrogens with one attached hydrogen (secondary N) is 1. The zero-order chi connectivity index (χ0) is 24.7. The fraction of sp³-hybridized carbons (Fsp3) is 0.600. The molecule has 0 saturated carbocycles. The highest BCUT2D eigenvalue weighted by Crippen LogP contribution is 1.89. The number of rotatable bonds is 4. The summed E-state index contributed by atoms with van der Waals surface area (Å²) in [5.74, 6) is 3.41. The van der Waals surface area contributed by atoms with Crippen LogP contribution >= 0.6 is 0 Å². The average molecular weight is 411 g/mol. The molecular weight excluding hydrogens is 360 g/mol. The van der Waals surface area contributed by atoms with Crippen LogP contribution in [0.1, 0.15) is 75.2 Å². The van der Waals surface area contributed by atoms with Gasteiger partial charge in [-0.1, -0.05) is 50.8 Å². The molecule has 0 heterocycles. The minimum atomic E-state index is 0.0648. The molecule has 0 aromatic carbocycles. The molecule has 0 amide bonds. The molecule has 4 nitrogen and oxygen atoms in total. The van der Waals surface area contributed by atoms with Crippen molar-refractivity contribution in [3.63, 3.8) is 0 Å². The molecule has 4 heteroatoms. The number of nitrogens with zero attached hydrogens (tertiary/aromatic N) is 1. The summed E-state index contributed by atoms with van der Waals surface area (Å²) in [7, 11) is 5.10. The molecule has 0 spiro atoms. The summed E-state index contributed by atoms with van der Waals surface area (Å²) in [6.45, 7) is 24.5. The first-order chi connectivity index (χ1) is 13.5. The van der Waals surface area contributed by atoms with Gasteiger partial charge in [-0.05, 0) is 55.0 Å². The second-order valence-corrected chi connectivity index (χ2v) is 5.84. The molecule has 0 aromatic heterocycles. The van der Waals surface area contributed by atoms with Crippen molar-refractivity contribution >= 4 is 12.0 Å². The highest BCUT2D eigenvalue weighted by atomic mass is 16.5. The van der Waals surface area contributed by atoms with Crippen molar-refractivity contribution in [3.8, 4) is 12.3 Å². The molecule has 0 radical (unpaired) electrons. The predicted molar refractivity (Wildman–Crippen MR) is 136 cm³/mol. The van der Waals surface area contributed by atoms with E-state index in [0.717, 1.165) is 12.2 Å². The molecule has 0 saturated heterocycles. The molecule has 1 atom stereocenters. The summed E-state index contributed by atoms with van der Waals surface area (Å²) in [5.41, 5.74) is 1.17. The van der Waals surface area contributed by atoms with Crippen LogP contribution in [0.15, 0.2) is 41.6 Å². The highest BCUT2D eigenvalue weighted by Gasteiger charge is 2.05. The molecule has 0 fully saturated rings. The van der Waals surface area contributed by atoms with Crippen molar-refractivity contribution < 1.29 is 9.53 Å². The molecule has 0 aromatic rings. The number of ketones is 1. The summed E-state index contributed by atoms with van der Waals surface area (Å²) in [6.07, 6.45) is 11.9. The second kappa shape index (κ2) is 44.9. The van der Waals surface area contributed by atoms with Gasteiger partial charge in [0, 0.05) is 7.05 Å². The third-order valence-corrected chi connectivity index (χ3v) is 2.18. The first-order valence-electron chi connectivity index (χ1n) is 9.91. The Bertz CT molecular complexity index is 423. The van der Waals surface area contributed by atoms with E-state index in [2.05, 4.69) is 43.2 Å². The van der Waals surface area contributed by atoms with E-state index in [1.165, 1.54) is 18.2 Å². The Kier molecular flexibility index (Phi) is 64.0. The zero-order valence-electron chi connectivity index (χ0n) is 21.5. The van der Waals surface area contributed by atoms with Crippen molar-refractivity contribution in [2.24, 2.45) is 4.99 Å². The van der Waals surface area contributed by atoms with Crippen LogP contribution in [0, 0.1) is 12.3 Å². The lowest BCUT2D eigenvalue weighted by Gasteiger charge is -2.07. The van der Waals surface area contributed by atoms with E-state index in [4.69, 9.17) is 11.2 Å². The molecule has 0 bridgehead atoms.